The van der Waals surface area contributed by atoms with Crippen LogP contribution in [-0.4, -0.2) is 43.8 Å². The fourth-order valence-corrected chi connectivity index (χ4v) is 4.51. The lowest BCUT2D eigenvalue weighted by atomic mass is 10.1. The molecule has 184 valence electrons. The molecule has 35 heavy (non-hydrogen) atoms. The van der Waals surface area contributed by atoms with E-state index in [1.807, 2.05) is 13.0 Å². The first-order valence-corrected chi connectivity index (χ1v) is 12.4. The van der Waals surface area contributed by atoms with Crippen LogP contribution in [0.15, 0.2) is 58.2 Å². The van der Waals surface area contributed by atoms with E-state index in [0.717, 1.165) is 59.3 Å². The van der Waals surface area contributed by atoms with E-state index >= 15 is 0 Å². The zero-order chi connectivity index (χ0) is 24.9. The number of halogens is 1. The molecule has 1 unspecified atom stereocenters. The van der Waals surface area contributed by atoms with E-state index < -0.39 is 0 Å². The van der Waals surface area contributed by atoms with Gasteiger partial charge in [0.25, 0.3) is 5.91 Å². The Kier molecular flexibility index (Phi) is 7.76. The number of allylic oxidation sites excluding steroid dienone is 1. The number of amides is 1. The van der Waals surface area contributed by atoms with Crippen LogP contribution in [-0.2, 0) is 0 Å². The number of unbranched alkanes of at least 4 members (excludes halogenated alkanes) is 1. The first kappa shape index (κ1) is 24.8. The minimum atomic E-state index is -0.158. The van der Waals surface area contributed by atoms with Crippen LogP contribution < -0.4 is 20.3 Å². The SMILES string of the molecule is COc1c(C)ccc2c1NC(=NCCCCNC(=O)c1ccccc1Cl)C1=NC(C)CC=C(C)N12. The number of ether oxygens (including phenoxy) is 1. The Morgan fingerprint density at radius 2 is 2.06 bits per heavy atom. The lowest BCUT2D eigenvalue weighted by Gasteiger charge is -2.35. The maximum absolute atomic E-state index is 12.3. The minimum Gasteiger partial charge on any atom is -0.494 e. The lowest BCUT2D eigenvalue weighted by molar-refractivity contribution is 0.0953. The molecule has 0 saturated carbocycles. The Morgan fingerprint density at radius 1 is 1.26 bits per heavy atom. The van der Waals surface area contributed by atoms with Crippen molar-refractivity contribution in [3.63, 3.8) is 0 Å². The van der Waals surface area contributed by atoms with Gasteiger partial charge in [-0.2, -0.15) is 0 Å². The molecule has 2 aromatic carbocycles. The quantitative estimate of drug-likeness (QED) is 0.493. The number of aryl methyl sites for hydroxylation is 1. The number of anilines is 2. The van der Waals surface area contributed by atoms with E-state index in [4.69, 9.17) is 26.3 Å². The third-order valence-corrected chi connectivity index (χ3v) is 6.48. The fraction of sp³-hybridized carbons (Fsp3) is 0.370. The van der Waals surface area contributed by atoms with Crippen molar-refractivity contribution in [1.29, 1.82) is 0 Å². The molecule has 0 aliphatic carbocycles. The van der Waals surface area contributed by atoms with Crippen LogP contribution in [0.5, 0.6) is 5.75 Å². The fourth-order valence-electron chi connectivity index (χ4n) is 4.29. The van der Waals surface area contributed by atoms with Gasteiger partial charge in [0.1, 0.15) is 11.4 Å². The largest absolute Gasteiger partial charge is 0.494 e. The zero-order valence-electron chi connectivity index (χ0n) is 20.7. The topological polar surface area (TPSA) is 78.3 Å². The average molecular weight is 494 g/mol. The van der Waals surface area contributed by atoms with Crippen LogP contribution in [0.1, 0.15) is 49.0 Å². The molecule has 7 nitrogen and oxygen atoms in total. The summed E-state index contributed by atoms with van der Waals surface area (Å²) in [5.74, 6) is 2.22. The summed E-state index contributed by atoms with van der Waals surface area (Å²) in [6.45, 7) is 7.42. The van der Waals surface area contributed by atoms with Crippen molar-refractivity contribution in [3.05, 3.63) is 64.3 Å². The smallest absolute Gasteiger partial charge is 0.252 e. The number of fused-ring (bicyclic) bond motifs is 3. The molecular weight excluding hydrogens is 462 g/mol. The molecule has 0 radical (unpaired) electrons. The number of carbonyl (C=O) groups excluding carboxylic acids is 1. The molecular formula is C27H32ClN5O2. The van der Waals surface area contributed by atoms with Gasteiger partial charge in [0.15, 0.2) is 11.7 Å². The molecule has 0 saturated heterocycles. The van der Waals surface area contributed by atoms with Crippen LogP contribution in [0.3, 0.4) is 0 Å². The zero-order valence-corrected chi connectivity index (χ0v) is 21.4. The van der Waals surface area contributed by atoms with Gasteiger partial charge in [-0.25, -0.2) is 0 Å². The number of methoxy groups -OCH3 is 1. The molecule has 1 atom stereocenters. The summed E-state index contributed by atoms with van der Waals surface area (Å²) in [5, 5.41) is 6.89. The molecule has 2 N–H and O–H groups in total. The summed E-state index contributed by atoms with van der Waals surface area (Å²) in [7, 11) is 1.69. The third kappa shape index (κ3) is 5.35. The van der Waals surface area contributed by atoms with Crippen molar-refractivity contribution in [1.82, 2.24) is 5.32 Å². The maximum Gasteiger partial charge on any atom is 0.252 e. The average Bonchev–Trinajstić information content (AvgIpc) is 2.99. The highest BCUT2D eigenvalue weighted by atomic mass is 35.5. The predicted molar refractivity (Wildman–Crippen MR) is 144 cm³/mol. The number of carbonyl (C=O) groups is 1. The van der Waals surface area contributed by atoms with Crippen LogP contribution in [0.2, 0.25) is 5.02 Å². The van der Waals surface area contributed by atoms with Gasteiger partial charge in [0.2, 0.25) is 0 Å². The Labute approximate surface area is 211 Å². The molecule has 4 rings (SSSR count). The molecule has 8 heteroatoms. The maximum atomic E-state index is 12.3. The number of hydrogen-bond donors (Lipinski definition) is 2. The van der Waals surface area contributed by atoms with Gasteiger partial charge in [-0.1, -0.05) is 35.9 Å². The molecule has 2 aromatic rings. The molecule has 2 heterocycles. The second-order valence-electron chi connectivity index (χ2n) is 8.83. The number of aliphatic imine (C=N–C) groups is 2. The van der Waals surface area contributed by atoms with Gasteiger partial charge >= 0.3 is 0 Å². The molecule has 0 fully saturated rings. The number of amidine groups is 2. The van der Waals surface area contributed by atoms with E-state index in [2.05, 4.69) is 47.6 Å². The van der Waals surface area contributed by atoms with E-state index in [0.29, 0.717) is 23.7 Å². The minimum absolute atomic E-state index is 0.158. The summed E-state index contributed by atoms with van der Waals surface area (Å²) >= 11 is 6.11. The number of benzene rings is 2. The van der Waals surface area contributed by atoms with Crippen molar-refractivity contribution in [2.45, 2.75) is 46.1 Å². The van der Waals surface area contributed by atoms with Gasteiger partial charge in [0, 0.05) is 18.8 Å². The predicted octanol–water partition coefficient (Wildman–Crippen LogP) is 5.59. The summed E-state index contributed by atoms with van der Waals surface area (Å²) in [4.78, 5) is 24.4. The summed E-state index contributed by atoms with van der Waals surface area (Å²) < 4.78 is 5.73. The monoisotopic (exact) mass is 493 g/mol. The second kappa shape index (κ2) is 11.0. The van der Waals surface area contributed by atoms with Crippen LogP contribution in [0.4, 0.5) is 11.4 Å². The summed E-state index contributed by atoms with van der Waals surface area (Å²) in [5.41, 5.74) is 4.58. The molecule has 2 aliphatic heterocycles. The van der Waals surface area contributed by atoms with E-state index in [1.54, 1.807) is 25.3 Å². The number of hydrogen-bond acceptors (Lipinski definition) is 5. The Morgan fingerprint density at radius 3 is 2.83 bits per heavy atom. The van der Waals surface area contributed by atoms with Crippen LogP contribution in [0, 0.1) is 6.92 Å². The van der Waals surface area contributed by atoms with E-state index in [-0.39, 0.29) is 11.9 Å². The second-order valence-corrected chi connectivity index (χ2v) is 9.23. The van der Waals surface area contributed by atoms with E-state index in [9.17, 15) is 4.79 Å². The van der Waals surface area contributed by atoms with Crippen molar-refractivity contribution >= 4 is 40.6 Å². The molecule has 2 aliphatic rings. The normalized spacial score (nSPS) is 18.0. The van der Waals surface area contributed by atoms with Gasteiger partial charge in [0.05, 0.1) is 29.4 Å². The molecule has 0 bridgehead atoms. The van der Waals surface area contributed by atoms with Gasteiger partial charge in [-0.05, 0) is 63.8 Å². The first-order chi connectivity index (χ1) is 16.9. The Bertz CT molecular complexity index is 1200. The number of nitrogens with one attached hydrogen (secondary N) is 2. The first-order valence-electron chi connectivity index (χ1n) is 12.0. The highest BCUT2D eigenvalue weighted by molar-refractivity contribution is 6.52. The number of rotatable bonds is 7. The third-order valence-electron chi connectivity index (χ3n) is 6.15. The lowest BCUT2D eigenvalue weighted by Crippen LogP contribution is -2.43. The molecule has 0 spiro atoms. The van der Waals surface area contributed by atoms with Gasteiger partial charge in [-0.3, -0.25) is 19.7 Å². The highest BCUT2D eigenvalue weighted by Crippen LogP contribution is 2.42. The standard InChI is InChI=1S/C27H32ClN5O2/c1-17-11-14-22-23(24(17)35-4)32-25(26-31-18(2)12-13-19(3)33(22)26)29-15-7-8-16-30-27(34)20-9-5-6-10-21(20)28/h5-6,9-11,13-14,18H,7-8,12,15-16H2,1-4H3,(H,29,32)(H,30,34). The molecule has 1 amide bonds. The van der Waals surface area contributed by atoms with Crippen molar-refractivity contribution in [3.8, 4) is 5.75 Å². The number of nitrogens with zero attached hydrogens (tertiary/aromatic N) is 3. The summed E-state index contributed by atoms with van der Waals surface area (Å²) in [6, 6.07) is 11.4. The Hall–Kier alpha value is -3.32. The highest BCUT2D eigenvalue weighted by Gasteiger charge is 2.32. The van der Waals surface area contributed by atoms with Crippen molar-refractivity contribution in [2.24, 2.45) is 9.98 Å². The Balaban J connectivity index is 1.47. The van der Waals surface area contributed by atoms with Crippen molar-refractivity contribution < 1.29 is 9.53 Å². The molecule has 0 aromatic heterocycles. The van der Waals surface area contributed by atoms with Gasteiger partial charge in [-0.15, -0.1) is 0 Å². The van der Waals surface area contributed by atoms with Crippen LogP contribution in [0.25, 0.3) is 0 Å². The van der Waals surface area contributed by atoms with E-state index in [1.165, 1.54) is 0 Å². The summed E-state index contributed by atoms with van der Waals surface area (Å²) in [6.07, 6.45) is 4.73. The van der Waals surface area contributed by atoms with Gasteiger partial charge < -0.3 is 15.4 Å². The van der Waals surface area contributed by atoms with Crippen LogP contribution >= 0.6 is 11.6 Å². The van der Waals surface area contributed by atoms with Crippen molar-refractivity contribution in [2.75, 3.05) is 30.4 Å².